The maximum atomic E-state index is 15.3. The van der Waals surface area contributed by atoms with E-state index in [4.69, 9.17) is 0 Å². The van der Waals surface area contributed by atoms with Gasteiger partial charge < -0.3 is 20.7 Å². The minimum atomic E-state index is -0.646. The van der Waals surface area contributed by atoms with Crippen LogP contribution in [0.5, 0.6) is 5.75 Å². The number of benzene rings is 4. The van der Waals surface area contributed by atoms with E-state index in [1.54, 1.807) is 25.1 Å². The SMILES string of the molecule is CCCC(C(C)=O)C1NN(C)c2cc(Nc3ccc(CC(=O)Nc4ccc5c(F)c(N6CC(=O)NS6)c(O)cc5c4)cc3C)ccc21. The van der Waals surface area contributed by atoms with Crippen molar-refractivity contribution in [2.75, 3.05) is 33.5 Å². The number of carbonyl (C=O) groups excluding carboxylic acids is 3. The molecule has 1 saturated heterocycles. The molecular weight excluding hydrogens is 619 g/mol. The van der Waals surface area contributed by atoms with Gasteiger partial charge in [-0.05, 0) is 84.8 Å². The maximum absolute atomic E-state index is 15.3. The van der Waals surface area contributed by atoms with Gasteiger partial charge in [0.05, 0.1) is 30.3 Å². The Morgan fingerprint density at radius 1 is 1.11 bits per heavy atom. The summed E-state index contributed by atoms with van der Waals surface area (Å²) in [5, 5.41) is 19.5. The number of Topliss-reactive ketones (excluding diaryl/α,β-unsaturated/α-hetero) is 1. The van der Waals surface area contributed by atoms with Gasteiger partial charge in [0.2, 0.25) is 5.91 Å². The molecule has 1 fully saturated rings. The summed E-state index contributed by atoms with van der Waals surface area (Å²) >= 11 is 0.921. The number of fused-ring (bicyclic) bond motifs is 2. The fraction of sp³-hybridized carbons (Fsp3) is 0.286. The second-order valence-electron chi connectivity index (χ2n) is 12.1. The normalized spacial score (nSPS) is 16.3. The van der Waals surface area contributed by atoms with Crippen molar-refractivity contribution in [1.82, 2.24) is 10.1 Å². The van der Waals surface area contributed by atoms with Gasteiger partial charge >= 0.3 is 0 Å². The topological polar surface area (TPSA) is 126 Å². The summed E-state index contributed by atoms with van der Waals surface area (Å²) in [5.74, 6) is -1.35. The van der Waals surface area contributed by atoms with Crippen LogP contribution in [0.25, 0.3) is 10.8 Å². The number of rotatable bonds is 10. The van der Waals surface area contributed by atoms with Crippen molar-refractivity contribution >= 4 is 68.9 Å². The largest absolute Gasteiger partial charge is 0.506 e. The summed E-state index contributed by atoms with van der Waals surface area (Å²) < 4.78 is 19.2. The van der Waals surface area contributed by atoms with Crippen LogP contribution in [0.3, 0.4) is 0 Å². The summed E-state index contributed by atoms with van der Waals surface area (Å²) in [6.45, 7) is 5.67. The van der Waals surface area contributed by atoms with E-state index in [1.807, 2.05) is 43.2 Å². The van der Waals surface area contributed by atoms with Crippen molar-refractivity contribution in [3.63, 3.8) is 0 Å². The molecule has 2 amide bonds. The smallest absolute Gasteiger partial charge is 0.251 e. The Bertz CT molecular complexity index is 1900. The van der Waals surface area contributed by atoms with Gasteiger partial charge in [0.15, 0.2) is 5.82 Å². The summed E-state index contributed by atoms with van der Waals surface area (Å²) in [6, 6.07) is 18.1. The molecule has 4 aromatic carbocycles. The molecule has 2 atom stereocenters. The Hall–Kier alpha value is -4.81. The van der Waals surface area contributed by atoms with Gasteiger partial charge in [-0.2, -0.15) is 0 Å². The van der Waals surface area contributed by atoms with Gasteiger partial charge in [-0.3, -0.25) is 23.4 Å². The number of ketones is 1. The monoisotopic (exact) mass is 656 g/mol. The molecular formula is C35H37FN6O4S. The molecule has 244 valence electrons. The van der Waals surface area contributed by atoms with Crippen LogP contribution in [0.15, 0.2) is 60.7 Å². The molecule has 12 heteroatoms. The fourth-order valence-electron chi connectivity index (χ4n) is 6.35. The predicted molar refractivity (Wildman–Crippen MR) is 185 cm³/mol. The molecule has 0 bridgehead atoms. The highest BCUT2D eigenvalue weighted by molar-refractivity contribution is 7.99. The van der Waals surface area contributed by atoms with Crippen LogP contribution in [0.4, 0.5) is 32.8 Å². The molecule has 0 radical (unpaired) electrons. The molecule has 0 saturated carbocycles. The lowest BCUT2D eigenvalue weighted by Crippen LogP contribution is -2.35. The molecule has 4 aromatic rings. The van der Waals surface area contributed by atoms with Crippen LogP contribution in [-0.4, -0.2) is 36.3 Å². The fourth-order valence-corrected chi connectivity index (χ4v) is 7.07. The maximum Gasteiger partial charge on any atom is 0.251 e. The van der Waals surface area contributed by atoms with Gasteiger partial charge in [-0.15, -0.1) is 0 Å². The average Bonchev–Trinajstić information content (AvgIpc) is 3.59. The molecule has 0 aliphatic carbocycles. The Morgan fingerprint density at radius 2 is 1.89 bits per heavy atom. The molecule has 6 rings (SSSR count). The first-order chi connectivity index (χ1) is 22.5. The van der Waals surface area contributed by atoms with Crippen molar-refractivity contribution in [3.8, 4) is 5.75 Å². The number of halogens is 1. The van der Waals surface area contributed by atoms with Gasteiger partial charge in [-0.25, -0.2) is 9.82 Å². The number of aromatic hydroxyl groups is 1. The lowest BCUT2D eigenvalue weighted by Gasteiger charge is -2.22. The zero-order chi connectivity index (χ0) is 33.4. The van der Waals surface area contributed by atoms with E-state index in [0.29, 0.717) is 11.1 Å². The van der Waals surface area contributed by atoms with Crippen molar-refractivity contribution in [2.45, 2.75) is 46.1 Å². The Morgan fingerprint density at radius 3 is 2.60 bits per heavy atom. The average molecular weight is 657 g/mol. The lowest BCUT2D eigenvalue weighted by molar-refractivity contribution is -0.122. The van der Waals surface area contributed by atoms with E-state index in [-0.39, 0.29) is 59.3 Å². The highest BCUT2D eigenvalue weighted by Crippen LogP contribution is 2.41. The van der Waals surface area contributed by atoms with Crippen molar-refractivity contribution in [2.24, 2.45) is 5.92 Å². The first kappa shape index (κ1) is 32.1. The number of phenolic OH excluding ortho intramolecular Hbond substituents is 1. The summed E-state index contributed by atoms with van der Waals surface area (Å²) in [7, 11) is 1.96. The number of hydrazine groups is 1. The number of nitrogens with one attached hydrogen (secondary N) is 4. The second kappa shape index (κ2) is 13.1. The zero-order valence-corrected chi connectivity index (χ0v) is 27.4. The Balaban J connectivity index is 1.11. The van der Waals surface area contributed by atoms with E-state index < -0.39 is 5.82 Å². The van der Waals surface area contributed by atoms with E-state index in [2.05, 4.69) is 39.8 Å². The number of phenols is 1. The summed E-state index contributed by atoms with van der Waals surface area (Å²) in [5.41, 5.74) is 9.64. The van der Waals surface area contributed by atoms with E-state index >= 15 is 4.39 Å². The molecule has 2 heterocycles. The standard InChI is InChI=1S/C35H37FN6O4S/c1-5-6-25(20(3)43)34-27-11-9-24(17-29(27)41(4)39-34)37-28-12-7-21(13-19(28)2)14-31(45)38-23-8-10-26-22(15-23)16-30(44)35(33(26)36)42-18-32(46)40-47-42/h7-13,15-17,25,34,37,39,44H,5-6,14,18H2,1-4H3,(H,38,45)(H,40,46). The number of nitrogens with zero attached hydrogens (tertiary/aromatic N) is 2. The van der Waals surface area contributed by atoms with Crippen LogP contribution < -0.4 is 30.1 Å². The van der Waals surface area contributed by atoms with Crippen LogP contribution in [0, 0.1) is 18.7 Å². The van der Waals surface area contributed by atoms with Crippen LogP contribution >= 0.6 is 12.1 Å². The molecule has 2 unspecified atom stereocenters. The molecule has 2 aliphatic rings. The molecule has 2 aliphatic heterocycles. The second-order valence-corrected chi connectivity index (χ2v) is 12.9. The van der Waals surface area contributed by atoms with Crippen molar-refractivity contribution in [3.05, 3.63) is 83.2 Å². The number of anilines is 5. The van der Waals surface area contributed by atoms with E-state index in [0.717, 1.165) is 58.7 Å². The van der Waals surface area contributed by atoms with Gasteiger partial charge in [0.1, 0.15) is 23.8 Å². The lowest BCUT2D eigenvalue weighted by atomic mass is 9.87. The van der Waals surface area contributed by atoms with Crippen molar-refractivity contribution < 1.29 is 23.9 Å². The third-order valence-electron chi connectivity index (χ3n) is 8.64. The third-order valence-corrected chi connectivity index (χ3v) is 9.49. The first-order valence-corrected chi connectivity index (χ1v) is 16.3. The number of aryl methyl sites for hydroxylation is 1. The quantitative estimate of drug-likeness (QED) is 0.123. The van der Waals surface area contributed by atoms with Crippen LogP contribution in [0.2, 0.25) is 0 Å². The van der Waals surface area contributed by atoms with Gasteiger partial charge in [0.25, 0.3) is 5.91 Å². The molecule has 47 heavy (non-hydrogen) atoms. The Kier molecular flexibility index (Phi) is 8.98. The summed E-state index contributed by atoms with van der Waals surface area (Å²) in [4.78, 5) is 36.9. The molecule has 10 nitrogen and oxygen atoms in total. The minimum absolute atomic E-state index is 0.0470. The third kappa shape index (κ3) is 6.56. The van der Waals surface area contributed by atoms with Crippen LogP contribution in [0.1, 0.15) is 49.4 Å². The number of hydrogen-bond donors (Lipinski definition) is 5. The number of carbonyl (C=O) groups is 3. The summed E-state index contributed by atoms with van der Waals surface area (Å²) in [6.07, 6.45) is 1.91. The Labute approximate surface area is 276 Å². The molecule has 0 spiro atoms. The highest BCUT2D eigenvalue weighted by atomic mass is 32.2. The minimum Gasteiger partial charge on any atom is -0.506 e. The number of amides is 2. The molecule has 5 N–H and O–H groups in total. The predicted octanol–water partition coefficient (Wildman–Crippen LogP) is 6.42. The van der Waals surface area contributed by atoms with Crippen LogP contribution in [-0.2, 0) is 20.8 Å². The first-order valence-electron chi connectivity index (χ1n) is 15.5. The van der Waals surface area contributed by atoms with Gasteiger partial charge in [0, 0.05) is 35.4 Å². The zero-order valence-electron chi connectivity index (χ0n) is 26.6. The van der Waals surface area contributed by atoms with E-state index in [9.17, 15) is 19.5 Å². The molecule has 0 aromatic heterocycles. The van der Waals surface area contributed by atoms with Crippen molar-refractivity contribution in [1.29, 1.82) is 0 Å². The van der Waals surface area contributed by atoms with Gasteiger partial charge in [-0.1, -0.05) is 31.5 Å². The number of hydrogen-bond acceptors (Lipinski definition) is 9. The van der Waals surface area contributed by atoms with E-state index in [1.165, 1.54) is 10.4 Å². The highest BCUT2D eigenvalue weighted by Gasteiger charge is 2.34.